The molecule has 1 aromatic carbocycles. The quantitative estimate of drug-likeness (QED) is 0.733. The summed E-state index contributed by atoms with van der Waals surface area (Å²) in [5, 5.41) is 13.8. The number of nitrogens with one attached hydrogen (secondary N) is 1. The average Bonchev–Trinajstić information content (AvgIpc) is 2.47. The first-order valence-electron chi connectivity index (χ1n) is 6.87. The van der Waals surface area contributed by atoms with Crippen molar-refractivity contribution in [2.45, 2.75) is 18.9 Å². The van der Waals surface area contributed by atoms with Crippen LogP contribution in [0.4, 0.5) is 0 Å². The van der Waals surface area contributed by atoms with E-state index in [0.29, 0.717) is 5.75 Å². The third kappa shape index (κ3) is 3.64. The Morgan fingerprint density at radius 1 is 1.30 bits per heavy atom. The molecule has 20 heavy (non-hydrogen) atoms. The second-order valence-electron chi connectivity index (χ2n) is 4.96. The van der Waals surface area contributed by atoms with Crippen molar-refractivity contribution >= 4 is 31.9 Å². The van der Waals surface area contributed by atoms with Gasteiger partial charge in [-0.25, -0.2) is 0 Å². The molecular weight excluding hydrogens is 384 g/mol. The molecule has 1 heterocycles. The van der Waals surface area contributed by atoms with Gasteiger partial charge in [-0.15, -0.1) is 6.58 Å². The van der Waals surface area contributed by atoms with Crippen LogP contribution < -0.4 is 5.32 Å². The minimum atomic E-state index is 0.210. The first-order chi connectivity index (χ1) is 9.65. The van der Waals surface area contributed by atoms with Gasteiger partial charge in [-0.3, -0.25) is 4.90 Å². The number of rotatable bonds is 5. The fourth-order valence-corrected chi connectivity index (χ4v) is 3.58. The summed E-state index contributed by atoms with van der Waals surface area (Å²) < 4.78 is 1.71. The van der Waals surface area contributed by atoms with Gasteiger partial charge < -0.3 is 10.4 Å². The molecule has 0 unspecified atom stereocenters. The van der Waals surface area contributed by atoms with Crippen molar-refractivity contribution in [3.05, 3.63) is 39.3 Å². The van der Waals surface area contributed by atoms with Gasteiger partial charge in [0.1, 0.15) is 5.75 Å². The number of benzene rings is 1. The summed E-state index contributed by atoms with van der Waals surface area (Å²) >= 11 is 7.01. The van der Waals surface area contributed by atoms with E-state index in [-0.39, 0.29) is 6.04 Å². The van der Waals surface area contributed by atoms with Crippen molar-refractivity contribution < 1.29 is 5.11 Å². The molecule has 1 aliphatic rings. The van der Waals surface area contributed by atoms with Crippen molar-refractivity contribution in [1.29, 1.82) is 0 Å². The van der Waals surface area contributed by atoms with Crippen LogP contribution in [0.2, 0.25) is 0 Å². The molecule has 2 N–H and O–H groups in total. The Hall–Kier alpha value is -0.360. The van der Waals surface area contributed by atoms with E-state index in [9.17, 15) is 5.11 Å². The van der Waals surface area contributed by atoms with E-state index < -0.39 is 0 Å². The number of phenols is 1. The van der Waals surface area contributed by atoms with E-state index in [1.54, 1.807) is 0 Å². The van der Waals surface area contributed by atoms with Crippen LogP contribution in [0.3, 0.4) is 0 Å². The van der Waals surface area contributed by atoms with Crippen molar-refractivity contribution in [3.63, 3.8) is 0 Å². The molecular formula is C15H20Br2N2O. The van der Waals surface area contributed by atoms with Gasteiger partial charge in [0, 0.05) is 42.3 Å². The second-order valence-corrected chi connectivity index (χ2v) is 6.67. The molecule has 1 atom stereocenters. The maximum Gasteiger partial charge on any atom is 0.135 e. The lowest BCUT2D eigenvalue weighted by Gasteiger charge is -2.36. The minimum absolute atomic E-state index is 0.210. The SMILES string of the molecule is C=CCC[C@H](c1c(Br)ccc(Br)c1O)N1CCNCC1. The molecule has 0 bridgehead atoms. The predicted molar refractivity (Wildman–Crippen MR) is 90.1 cm³/mol. The van der Waals surface area contributed by atoms with Crippen LogP contribution >= 0.6 is 31.9 Å². The van der Waals surface area contributed by atoms with E-state index in [4.69, 9.17) is 0 Å². The number of piperazine rings is 1. The van der Waals surface area contributed by atoms with E-state index in [2.05, 4.69) is 48.7 Å². The molecule has 0 radical (unpaired) electrons. The maximum atomic E-state index is 10.4. The number of phenolic OH excluding ortho intramolecular Hbond substituents is 1. The standard InChI is InChI=1S/C15H20Br2N2O/c1-2-3-4-13(19-9-7-18-8-10-19)14-11(16)5-6-12(17)15(14)20/h2,5-6,13,18,20H,1,3-4,7-10H2/t13-/m1/s1. The number of aromatic hydroxyl groups is 1. The average molecular weight is 404 g/mol. The highest BCUT2D eigenvalue weighted by Gasteiger charge is 2.26. The molecule has 0 amide bonds. The molecule has 1 aromatic rings. The molecule has 1 fully saturated rings. The van der Waals surface area contributed by atoms with Gasteiger partial charge in [-0.2, -0.15) is 0 Å². The molecule has 2 rings (SSSR count). The normalized spacial score (nSPS) is 17.9. The van der Waals surface area contributed by atoms with Gasteiger partial charge in [-0.1, -0.05) is 22.0 Å². The molecule has 5 heteroatoms. The van der Waals surface area contributed by atoms with Gasteiger partial charge in [0.2, 0.25) is 0 Å². The highest BCUT2D eigenvalue weighted by atomic mass is 79.9. The van der Waals surface area contributed by atoms with Crippen LogP contribution in [0.1, 0.15) is 24.4 Å². The van der Waals surface area contributed by atoms with Gasteiger partial charge in [0.05, 0.1) is 4.47 Å². The fourth-order valence-electron chi connectivity index (χ4n) is 2.65. The Balaban J connectivity index is 2.34. The molecule has 1 aliphatic heterocycles. The number of hydrogen-bond acceptors (Lipinski definition) is 3. The van der Waals surface area contributed by atoms with Crippen LogP contribution in [-0.2, 0) is 0 Å². The van der Waals surface area contributed by atoms with Crippen molar-refractivity contribution in [2.75, 3.05) is 26.2 Å². The molecule has 110 valence electrons. The first-order valence-corrected chi connectivity index (χ1v) is 8.46. The Bertz CT molecular complexity index is 473. The van der Waals surface area contributed by atoms with Crippen LogP contribution in [0, 0.1) is 0 Å². The van der Waals surface area contributed by atoms with Gasteiger partial charge in [0.25, 0.3) is 0 Å². The Kier molecular flexibility index (Phi) is 6.08. The molecule has 0 aromatic heterocycles. The number of allylic oxidation sites excluding steroid dienone is 1. The summed E-state index contributed by atoms with van der Waals surface area (Å²) in [6.07, 6.45) is 3.84. The minimum Gasteiger partial charge on any atom is -0.506 e. The van der Waals surface area contributed by atoms with Crippen molar-refractivity contribution in [3.8, 4) is 5.75 Å². The first kappa shape index (κ1) is 16.0. The summed E-state index contributed by atoms with van der Waals surface area (Å²) in [5.41, 5.74) is 0.975. The van der Waals surface area contributed by atoms with Crippen LogP contribution in [0.5, 0.6) is 5.75 Å². The monoisotopic (exact) mass is 402 g/mol. The van der Waals surface area contributed by atoms with Gasteiger partial charge >= 0.3 is 0 Å². The van der Waals surface area contributed by atoms with E-state index in [0.717, 1.165) is 53.5 Å². The number of nitrogens with zero attached hydrogens (tertiary/aromatic N) is 1. The van der Waals surface area contributed by atoms with Crippen molar-refractivity contribution in [1.82, 2.24) is 10.2 Å². The zero-order valence-electron chi connectivity index (χ0n) is 11.4. The molecule has 1 saturated heterocycles. The van der Waals surface area contributed by atoms with E-state index in [1.807, 2.05) is 18.2 Å². The molecule has 0 saturated carbocycles. The Morgan fingerprint density at radius 2 is 1.95 bits per heavy atom. The lowest BCUT2D eigenvalue weighted by Crippen LogP contribution is -2.45. The third-order valence-corrected chi connectivity index (χ3v) is 5.02. The van der Waals surface area contributed by atoms with Crippen molar-refractivity contribution in [2.24, 2.45) is 0 Å². The zero-order valence-corrected chi connectivity index (χ0v) is 14.6. The summed E-state index contributed by atoms with van der Waals surface area (Å²) in [6, 6.07) is 4.06. The predicted octanol–water partition coefficient (Wildman–Crippen LogP) is 3.83. The van der Waals surface area contributed by atoms with E-state index >= 15 is 0 Å². The van der Waals surface area contributed by atoms with Crippen LogP contribution in [0.15, 0.2) is 33.7 Å². The number of halogens is 2. The molecule has 0 spiro atoms. The maximum absolute atomic E-state index is 10.4. The van der Waals surface area contributed by atoms with E-state index in [1.165, 1.54) is 0 Å². The summed E-state index contributed by atoms with van der Waals surface area (Å²) in [7, 11) is 0. The van der Waals surface area contributed by atoms with Gasteiger partial charge in [-0.05, 0) is 40.9 Å². The van der Waals surface area contributed by atoms with Crippen LogP contribution in [0.25, 0.3) is 0 Å². The highest BCUT2D eigenvalue weighted by molar-refractivity contribution is 9.11. The largest absolute Gasteiger partial charge is 0.506 e. The lowest BCUT2D eigenvalue weighted by molar-refractivity contribution is 0.163. The summed E-state index contributed by atoms with van der Waals surface area (Å²) in [6.45, 7) is 7.81. The Labute approximate surface area is 137 Å². The fraction of sp³-hybridized carbons (Fsp3) is 0.467. The molecule has 3 nitrogen and oxygen atoms in total. The molecule has 0 aliphatic carbocycles. The summed E-state index contributed by atoms with van der Waals surface area (Å²) in [4.78, 5) is 2.44. The van der Waals surface area contributed by atoms with Gasteiger partial charge in [0.15, 0.2) is 0 Å². The Morgan fingerprint density at radius 3 is 2.60 bits per heavy atom. The highest BCUT2D eigenvalue weighted by Crippen LogP contribution is 2.41. The lowest BCUT2D eigenvalue weighted by atomic mass is 9.98. The number of hydrogen-bond donors (Lipinski definition) is 2. The topological polar surface area (TPSA) is 35.5 Å². The summed E-state index contributed by atoms with van der Waals surface area (Å²) in [5.74, 6) is 0.340. The third-order valence-electron chi connectivity index (χ3n) is 3.68. The second kappa shape index (κ2) is 7.59. The zero-order chi connectivity index (χ0) is 14.5. The smallest absolute Gasteiger partial charge is 0.135 e. The van der Waals surface area contributed by atoms with Crippen LogP contribution in [-0.4, -0.2) is 36.2 Å².